The maximum Gasteiger partial charge on any atom is 0.241 e. The van der Waals surface area contributed by atoms with E-state index in [1.54, 1.807) is 30.2 Å². The fourth-order valence-corrected chi connectivity index (χ4v) is 3.29. The van der Waals surface area contributed by atoms with Gasteiger partial charge >= 0.3 is 0 Å². The Labute approximate surface area is 118 Å². The van der Waals surface area contributed by atoms with Crippen LogP contribution in [0.5, 0.6) is 0 Å². The van der Waals surface area contributed by atoms with Crippen molar-refractivity contribution in [2.24, 2.45) is 0 Å². The lowest BCUT2D eigenvalue weighted by Crippen LogP contribution is -2.45. The van der Waals surface area contributed by atoms with E-state index >= 15 is 0 Å². The minimum atomic E-state index is -0.0124. The highest BCUT2D eigenvalue weighted by atomic mass is 32.2. The Bertz CT molecular complexity index is 438. The predicted octanol–water partition coefficient (Wildman–Crippen LogP) is 1.60. The summed E-state index contributed by atoms with van der Waals surface area (Å²) in [5.74, 6) is 1.97. The lowest BCUT2D eigenvalue weighted by Gasteiger charge is -2.27. The summed E-state index contributed by atoms with van der Waals surface area (Å²) in [4.78, 5) is 20.6. The molecule has 4 nitrogen and oxygen atoms in total. The predicted molar refractivity (Wildman–Crippen MR) is 78.7 cm³/mol. The van der Waals surface area contributed by atoms with Crippen molar-refractivity contribution in [2.75, 3.05) is 25.2 Å². The number of rotatable bonds is 5. The van der Waals surface area contributed by atoms with Crippen LogP contribution in [0.3, 0.4) is 0 Å². The second-order valence-electron chi connectivity index (χ2n) is 4.64. The number of pyridine rings is 1. The lowest BCUT2D eigenvalue weighted by molar-refractivity contribution is -0.135. The van der Waals surface area contributed by atoms with Crippen LogP contribution in [0.15, 0.2) is 37.2 Å². The van der Waals surface area contributed by atoms with E-state index in [2.05, 4.69) is 16.5 Å². The van der Waals surface area contributed by atoms with Gasteiger partial charge in [0.2, 0.25) is 5.91 Å². The molecule has 1 aromatic rings. The third-order valence-electron chi connectivity index (χ3n) is 3.15. The highest BCUT2D eigenvalue weighted by Crippen LogP contribution is 2.21. The average molecular weight is 277 g/mol. The van der Waals surface area contributed by atoms with Crippen molar-refractivity contribution in [3.8, 4) is 0 Å². The van der Waals surface area contributed by atoms with Crippen molar-refractivity contribution in [2.45, 2.75) is 12.6 Å². The van der Waals surface area contributed by atoms with Gasteiger partial charge < -0.3 is 4.90 Å². The van der Waals surface area contributed by atoms with Gasteiger partial charge in [-0.15, -0.1) is 18.3 Å². The van der Waals surface area contributed by atoms with E-state index < -0.39 is 0 Å². The molecule has 5 heteroatoms. The molecule has 1 saturated heterocycles. The molecule has 1 atom stereocenters. The van der Waals surface area contributed by atoms with Crippen LogP contribution in [0, 0.1) is 0 Å². The van der Waals surface area contributed by atoms with Crippen molar-refractivity contribution in [1.29, 1.82) is 0 Å². The Kier molecular flexibility index (Phi) is 4.99. The first-order chi connectivity index (χ1) is 9.22. The number of hydrogen-bond acceptors (Lipinski definition) is 4. The third kappa shape index (κ3) is 3.58. The topological polar surface area (TPSA) is 36.4 Å². The molecule has 0 N–H and O–H groups in total. The molecule has 1 aliphatic rings. The van der Waals surface area contributed by atoms with Crippen molar-refractivity contribution in [1.82, 2.24) is 14.8 Å². The zero-order chi connectivity index (χ0) is 13.7. The maximum atomic E-state index is 12.6. The minimum Gasteiger partial charge on any atom is -0.333 e. The van der Waals surface area contributed by atoms with E-state index in [-0.39, 0.29) is 11.9 Å². The summed E-state index contributed by atoms with van der Waals surface area (Å²) in [5, 5.41) is 0. The normalized spacial score (nSPS) is 19.3. The molecular weight excluding hydrogens is 258 g/mol. The van der Waals surface area contributed by atoms with Crippen LogP contribution in [0.4, 0.5) is 0 Å². The molecule has 2 rings (SSSR count). The molecule has 2 heterocycles. The Balaban J connectivity index is 2.06. The quantitative estimate of drug-likeness (QED) is 0.766. The first-order valence-electron chi connectivity index (χ1n) is 6.29. The second kappa shape index (κ2) is 6.73. The Morgan fingerprint density at radius 2 is 2.58 bits per heavy atom. The van der Waals surface area contributed by atoms with Crippen LogP contribution in [0.25, 0.3) is 0 Å². The summed E-state index contributed by atoms with van der Waals surface area (Å²) in [7, 11) is 2.00. The molecule has 0 spiro atoms. The van der Waals surface area contributed by atoms with Gasteiger partial charge in [-0.2, -0.15) is 0 Å². The fraction of sp³-hybridized carbons (Fsp3) is 0.429. The van der Waals surface area contributed by atoms with Gasteiger partial charge in [-0.1, -0.05) is 12.1 Å². The van der Waals surface area contributed by atoms with Crippen molar-refractivity contribution < 1.29 is 4.79 Å². The van der Waals surface area contributed by atoms with Gasteiger partial charge in [-0.3, -0.25) is 14.7 Å². The number of carbonyl (C=O) groups is 1. The summed E-state index contributed by atoms with van der Waals surface area (Å²) < 4.78 is 0. The number of thioether (sulfide) groups is 1. The molecule has 19 heavy (non-hydrogen) atoms. The Hall–Kier alpha value is -1.33. The standard InChI is InChI=1S/C14H19N3OS/c1-3-7-17(9-12-5-4-6-15-8-12)14(18)13-10-19-11-16(13)2/h3-6,8,13H,1,7,9-11H2,2H3/t13-/m0/s1. The molecule has 0 aromatic carbocycles. The first-order valence-corrected chi connectivity index (χ1v) is 7.44. The van der Waals surface area contributed by atoms with E-state index in [1.165, 1.54) is 0 Å². The van der Waals surface area contributed by atoms with E-state index in [4.69, 9.17) is 0 Å². The molecule has 1 aliphatic heterocycles. The largest absolute Gasteiger partial charge is 0.333 e. The van der Waals surface area contributed by atoms with Crippen LogP contribution in [-0.2, 0) is 11.3 Å². The van der Waals surface area contributed by atoms with Crippen LogP contribution in [0.2, 0.25) is 0 Å². The van der Waals surface area contributed by atoms with Gasteiger partial charge in [-0.05, 0) is 18.7 Å². The molecule has 1 aromatic heterocycles. The number of amides is 1. The summed E-state index contributed by atoms with van der Waals surface area (Å²) in [6.07, 6.45) is 5.32. The van der Waals surface area contributed by atoms with Crippen molar-refractivity contribution in [3.63, 3.8) is 0 Å². The number of likely N-dealkylation sites (N-methyl/N-ethyl adjacent to an activating group) is 1. The maximum absolute atomic E-state index is 12.6. The van der Waals surface area contributed by atoms with Gasteiger partial charge in [-0.25, -0.2) is 0 Å². The summed E-state index contributed by atoms with van der Waals surface area (Å²) >= 11 is 1.80. The number of nitrogens with zero attached hydrogens (tertiary/aromatic N) is 3. The second-order valence-corrected chi connectivity index (χ2v) is 5.64. The number of hydrogen-bond donors (Lipinski definition) is 0. The van der Waals surface area contributed by atoms with Crippen LogP contribution in [-0.4, -0.2) is 52.0 Å². The molecule has 0 bridgehead atoms. The number of carbonyl (C=O) groups excluding carboxylic acids is 1. The van der Waals surface area contributed by atoms with Crippen LogP contribution in [0.1, 0.15) is 5.56 Å². The molecule has 1 amide bonds. The Morgan fingerprint density at radius 1 is 1.74 bits per heavy atom. The molecule has 0 saturated carbocycles. The molecular formula is C14H19N3OS. The highest BCUT2D eigenvalue weighted by Gasteiger charge is 2.31. The molecule has 1 fully saturated rings. The summed E-state index contributed by atoms with van der Waals surface area (Å²) in [5.41, 5.74) is 1.05. The van der Waals surface area contributed by atoms with Crippen molar-refractivity contribution >= 4 is 17.7 Å². The number of aromatic nitrogens is 1. The van der Waals surface area contributed by atoms with Crippen LogP contribution < -0.4 is 0 Å². The minimum absolute atomic E-state index is 0.0124. The lowest BCUT2D eigenvalue weighted by atomic mass is 10.2. The monoisotopic (exact) mass is 277 g/mol. The first kappa shape index (κ1) is 14.1. The van der Waals surface area contributed by atoms with E-state index in [0.717, 1.165) is 17.2 Å². The van der Waals surface area contributed by atoms with Gasteiger partial charge in [0, 0.05) is 37.1 Å². The van der Waals surface area contributed by atoms with E-state index in [9.17, 15) is 4.79 Å². The summed E-state index contributed by atoms with van der Waals surface area (Å²) in [6.45, 7) is 4.90. The smallest absolute Gasteiger partial charge is 0.241 e. The zero-order valence-corrected chi connectivity index (χ0v) is 12.0. The Morgan fingerprint density at radius 3 is 3.16 bits per heavy atom. The zero-order valence-electron chi connectivity index (χ0n) is 11.2. The fourth-order valence-electron chi connectivity index (χ4n) is 2.10. The molecule has 0 aliphatic carbocycles. The van der Waals surface area contributed by atoms with Crippen molar-refractivity contribution in [3.05, 3.63) is 42.7 Å². The third-order valence-corrected chi connectivity index (χ3v) is 4.29. The molecule has 102 valence electrons. The van der Waals surface area contributed by atoms with Gasteiger partial charge in [0.05, 0.1) is 6.04 Å². The summed E-state index contributed by atoms with van der Waals surface area (Å²) in [6, 6.07) is 3.87. The van der Waals surface area contributed by atoms with E-state index in [1.807, 2.05) is 24.1 Å². The van der Waals surface area contributed by atoms with Gasteiger partial charge in [0.15, 0.2) is 0 Å². The van der Waals surface area contributed by atoms with Crippen LogP contribution >= 0.6 is 11.8 Å². The van der Waals surface area contributed by atoms with E-state index in [0.29, 0.717) is 13.1 Å². The van der Waals surface area contributed by atoms with Gasteiger partial charge in [0.25, 0.3) is 0 Å². The van der Waals surface area contributed by atoms with Gasteiger partial charge in [0.1, 0.15) is 0 Å². The average Bonchev–Trinajstić information content (AvgIpc) is 2.85. The molecule has 0 unspecified atom stereocenters. The highest BCUT2D eigenvalue weighted by molar-refractivity contribution is 7.99. The SMILES string of the molecule is C=CCN(Cc1cccnc1)C(=O)[C@@H]1CSCN1C. The molecule has 0 radical (unpaired) electrons.